The Morgan fingerprint density at radius 2 is 2.00 bits per heavy atom. The zero-order valence-corrected chi connectivity index (χ0v) is 17.3. The molecule has 156 valence electrons. The predicted octanol–water partition coefficient (Wildman–Crippen LogP) is 1.43. The van der Waals surface area contributed by atoms with Crippen LogP contribution in [0.2, 0.25) is 0 Å². The molecule has 3 rings (SSSR count). The van der Waals surface area contributed by atoms with Crippen LogP contribution in [-0.4, -0.2) is 36.0 Å². The molecule has 1 amide bonds. The van der Waals surface area contributed by atoms with E-state index in [2.05, 4.69) is 5.32 Å². The van der Waals surface area contributed by atoms with E-state index in [1.807, 2.05) is 12.3 Å². The number of benzene rings is 1. The Labute approximate surface area is 172 Å². The standard InChI is InChI=1S/C21H25NO6S/c1-12(19(23)22-17(20(24)25)9-10-29-2)27-13-7-8-15-14-5-3-4-6-16(14)21(26)28-18(15)11-13/h7-8,11-12,17H,3-6,9-10H2,1-2H3,(H,22,23)(H,24,25)/p-1/t12-,17-/m0/s1. The predicted molar refractivity (Wildman–Crippen MR) is 109 cm³/mol. The van der Waals surface area contributed by atoms with Crippen LogP contribution in [0.1, 0.15) is 37.3 Å². The number of thioether (sulfide) groups is 1. The number of fused-ring (bicyclic) bond motifs is 3. The number of carbonyl (C=O) groups excluding carboxylic acids is 2. The van der Waals surface area contributed by atoms with E-state index in [0.29, 0.717) is 17.1 Å². The van der Waals surface area contributed by atoms with Gasteiger partial charge in [-0.1, -0.05) is 0 Å². The van der Waals surface area contributed by atoms with E-state index in [1.165, 1.54) is 18.7 Å². The zero-order valence-electron chi connectivity index (χ0n) is 16.5. The van der Waals surface area contributed by atoms with Gasteiger partial charge < -0.3 is 24.4 Å². The largest absolute Gasteiger partial charge is 0.548 e. The summed E-state index contributed by atoms with van der Waals surface area (Å²) in [5.74, 6) is -0.917. The molecule has 0 saturated heterocycles. The van der Waals surface area contributed by atoms with Crippen LogP contribution in [0.25, 0.3) is 11.0 Å². The Hall–Kier alpha value is -2.48. The van der Waals surface area contributed by atoms with Crippen LogP contribution in [0.15, 0.2) is 27.4 Å². The zero-order chi connectivity index (χ0) is 21.0. The molecule has 2 aromatic rings. The molecule has 1 N–H and O–H groups in total. The molecule has 0 aliphatic heterocycles. The minimum absolute atomic E-state index is 0.272. The summed E-state index contributed by atoms with van der Waals surface area (Å²) in [6.45, 7) is 1.53. The lowest BCUT2D eigenvalue weighted by molar-refractivity contribution is -0.308. The van der Waals surface area contributed by atoms with E-state index in [1.54, 1.807) is 12.1 Å². The van der Waals surface area contributed by atoms with E-state index in [9.17, 15) is 19.5 Å². The number of aryl methyl sites for hydroxylation is 1. The number of carbonyl (C=O) groups is 2. The summed E-state index contributed by atoms with van der Waals surface area (Å²) in [5, 5.41) is 14.5. The number of aliphatic carboxylic acids is 1. The Morgan fingerprint density at radius 3 is 2.69 bits per heavy atom. The molecule has 0 radical (unpaired) electrons. The highest BCUT2D eigenvalue weighted by molar-refractivity contribution is 7.98. The summed E-state index contributed by atoms with van der Waals surface area (Å²) in [6.07, 6.45) is 4.81. The monoisotopic (exact) mass is 418 g/mol. The van der Waals surface area contributed by atoms with E-state index in [-0.39, 0.29) is 12.0 Å². The first-order valence-electron chi connectivity index (χ1n) is 9.66. The van der Waals surface area contributed by atoms with Crippen molar-refractivity contribution in [2.45, 2.75) is 51.2 Å². The Kier molecular flexibility index (Phi) is 6.84. The number of amides is 1. The lowest BCUT2D eigenvalue weighted by atomic mass is 9.91. The highest BCUT2D eigenvalue weighted by Crippen LogP contribution is 2.29. The van der Waals surface area contributed by atoms with Crippen molar-refractivity contribution in [1.82, 2.24) is 5.32 Å². The van der Waals surface area contributed by atoms with Crippen LogP contribution in [0.3, 0.4) is 0 Å². The maximum atomic E-state index is 12.3. The Morgan fingerprint density at radius 1 is 1.28 bits per heavy atom. The van der Waals surface area contributed by atoms with E-state index >= 15 is 0 Å². The number of nitrogens with one attached hydrogen (secondary N) is 1. The summed E-state index contributed by atoms with van der Waals surface area (Å²) < 4.78 is 11.1. The molecule has 29 heavy (non-hydrogen) atoms. The maximum absolute atomic E-state index is 12.3. The SMILES string of the molecule is CSCC[C@H](NC(=O)[C@H](C)Oc1ccc2c3c(c(=O)oc2c1)CCCC3)C(=O)[O-]. The second-order valence-electron chi connectivity index (χ2n) is 7.13. The van der Waals surface area contributed by atoms with Crippen LogP contribution in [0.5, 0.6) is 5.75 Å². The average Bonchev–Trinajstić information content (AvgIpc) is 2.70. The first kappa shape index (κ1) is 21.2. The second-order valence-corrected chi connectivity index (χ2v) is 8.12. The van der Waals surface area contributed by atoms with Gasteiger partial charge in [0.05, 0.1) is 12.0 Å². The van der Waals surface area contributed by atoms with Crippen molar-refractivity contribution < 1.29 is 23.8 Å². The normalized spacial score (nSPS) is 15.4. The van der Waals surface area contributed by atoms with Crippen LogP contribution in [0.4, 0.5) is 0 Å². The summed E-state index contributed by atoms with van der Waals surface area (Å²) in [6, 6.07) is 4.09. The smallest absolute Gasteiger partial charge is 0.339 e. The summed E-state index contributed by atoms with van der Waals surface area (Å²) in [7, 11) is 0. The lowest BCUT2D eigenvalue weighted by Crippen LogP contribution is -2.51. The van der Waals surface area contributed by atoms with E-state index in [4.69, 9.17) is 9.15 Å². The molecule has 1 aromatic carbocycles. The molecule has 2 atom stereocenters. The van der Waals surface area contributed by atoms with Gasteiger partial charge in [-0.2, -0.15) is 11.8 Å². The molecule has 0 spiro atoms. The quantitative estimate of drug-likeness (QED) is 0.646. The average molecular weight is 418 g/mol. The third kappa shape index (κ3) is 4.93. The van der Waals surface area contributed by atoms with Crippen molar-refractivity contribution in [3.8, 4) is 5.75 Å². The third-order valence-electron chi connectivity index (χ3n) is 5.09. The number of hydrogen-bond donors (Lipinski definition) is 1. The van der Waals surface area contributed by atoms with Gasteiger partial charge in [0.2, 0.25) is 0 Å². The summed E-state index contributed by atoms with van der Waals surface area (Å²) in [4.78, 5) is 35.8. The number of carboxylic acid groups (broad SMARTS) is 1. The van der Waals surface area contributed by atoms with Crippen molar-refractivity contribution in [3.63, 3.8) is 0 Å². The molecule has 0 bridgehead atoms. The van der Waals surface area contributed by atoms with Gasteiger partial charge in [0.15, 0.2) is 6.10 Å². The highest BCUT2D eigenvalue weighted by atomic mass is 32.2. The molecule has 7 nitrogen and oxygen atoms in total. The molecule has 1 aliphatic rings. The maximum Gasteiger partial charge on any atom is 0.339 e. The van der Waals surface area contributed by atoms with Gasteiger partial charge >= 0.3 is 5.63 Å². The van der Waals surface area contributed by atoms with Crippen LogP contribution in [0, 0.1) is 0 Å². The Bertz CT molecular complexity index is 970. The van der Waals surface area contributed by atoms with Gasteiger partial charge in [-0.25, -0.2) is 4.79 Å². The molecular formula is C21H24NO6S-. The highest BCUT2D eigenvalue weighted by Gasteiger charge is 2.21. The fraction of sp³-hybridized carbons (Fsp3) is 0.476. The minimum atomic E-state index is -1.32. The van der Waals surface area contributed by atoms with E-state index in [0.717, 1.165) is 42.2 Å². The molecule has 0 fully saturated rings. The fourth-order valence-electron chi connectivity index (χ4n) is 3.53. The summed E-state index contributed by atoms with van der Waals surface area (Å²) in [5.41, 5.74) is 1.89. The molecule has 1 aromatic heterocycles. The molecule has 8 heteroatoms. The Balaban J connectivity index is 1.74. The van der Waals surface area contributed by atoms with E-state index < -0.39 is 24.0 Å². The summed E-state index contributed by atoms with van der Waals surface area (Å²) >= 11 is 1.49. The van der Waals surface area contributed by atoms with Gasteiger partial charge in [-0.3, -0.25) is 4.79 Å². The van der Waals surface area contributed by atoms with Gasteiger partial charge in [0.1, 0.15) is 11.3 Å². The molecule has 1 aliphatic carbocycles. The van der Waals surface area contributed by atoms with Crippen LogP contribution in [-0.2, 0) is 22.4 Å². The number of ether oxygens (including phenoxy) is 1. The van der Waals surface area contributed by atoms with Crippen molar-refractivity contribution >= 4 is 34.6 Å². The van der Waals surface area contributed by atoms with Gasteiger partial charge in [-0.15, -0.1) is 0 Å². The molecule has 0 unspecified atom stereocenters. The van der Waals surface area contributed by atoms with Crippen molar-refractivity contribution in [3.05, 3.63) is 39.7 Å². The first-order chi connectivity index (χ1) is 13.9. The number of hydrogen-bond acceptors (Lipinski definition) is 7. The minimum Gasteiger partial charge on any atom is -0.548 e. The van der Waals surface area contributed by atoms with Gasteiger partial charge in [0, 0.05) is 17.0 Å². The van der Waals surface area contributed by atoms with Crippen molar-refractivity contribution in [2.24, 2.45) is 0 Å². The topological polar surface area (TPSA) is 109 Å². The lowest BCUT2D eigenvalue weighted by Gasteiger charge is -2.22. The van der Waals surface area contributed by atoms with Crippen LogP contribution < -0.4 is 20.8 Å². The number of rotatable bonds is 8. The van der Waals surface area contributed by atoms with Crippen LogP contribution >= 0.6 is 11.8 Å². The number of carboxylic acids is 1. The molecular weight excluding hydrogens is 394 g/mol. The molecule has 0 saturated carbocycles. The van der Waals surface area contributed by atoms with Crippen molar-refractivity contribution in [2.75, 3.05) is 12.0 Å². The molecule has 1 heterocycles. The fourth-order valence-corrected chi connectivity index (χ4v) is 4.00. The van der Waals surface area contributed by atoms with Gasteiger partial charge in [0.25, 0.3) is 5.91 Å². The van der Waals surface area contributed by atoms with Gasteiger partial charge in [-0.05, 0) is 68.7 Å². The third-order valence-corrected chi connectivity index (χ3v) is 5.73. The first-order valence-corrected chi connectivity index (χ1v) is 11.1. The van der Waals surface area contributed by atoms with Crippen molar-refractivity contribution in [1.29, 1.82) is 0 Å². The second kappa shape index (κ2) is 9.35.